The van der Waals surface area contributed by atoms with Crippen LogP contribution < -0.4 is 5.32 Å². The number of nitrogens with one attached hydrogen (secondary N) is 1. The van der Waals surface area contributed by atoms with Crippen molar-refractivity contribution in [2.24, 2.45) is 0 Å². The van der Waals surface area contributed by atoms with E-state index in [1.807, 2.05) is 36.4 Å². The first-order chi connectivity index (χ1) is 9.81. The summed E-state index contributed by atoms with van der Waals surface area (Å²) in [5.41, 5.74) is 2.75. The average Bonchev–Trinajstić information content (AvgIpc) is 2.86. The van der Waals surface area contributed by atoms with Crippen LogP contribution in [-0.4, -0.2) is 11.5 Å². The van der Waals surface area contributed by atoms with Crippen LogP contribution in [0.25, 0.3) is 11.1 Å². The Balaban J connectivity index is 1.55. The van der Waals surface area contributed by atoms with Crippen LogP contribution in [0.5, 0.6) is 0 Å². The summed E-state index contributed by atoms with van der Waals surface area (Å²) in [6.07, 6.45) is 1.78. The van der Waals surface area contributed by atoms with Crippen LogP contribution in [-0.2, 0) is 6.42 Å². The number of para-hydroxylation sites is 1. The average molecular weight is 287 g/mol. The molecule has 0 fully saturated rings. The lowest BCUT2D eigenvalue weighted by Crippen LogP contribution is -2.02. The molecule has 0 spiro atoms. The van der Waals surface area contributed by atoms with E-state index in [0.717, 1.165) is 42.1 Å². The molecular weight excluding hydrogens is 272 g/mol. The lowest BCUT2D eigenvalue weighted by atomic mass is 10.3. The SMILES string of the molecule is Clc1ccc2oc(CCCNc3ccccc3)nc2c1. The minimum Gasteiger partial charge on any atom is -0.441 e. The summed E-state index contributed by atoms with van der Waals surface area (Å²) < 4.78 is 5.68. The molecule has 3 nitrogen and oxygen atoms in total. The first kappa shape index (κ1) is 13.0. The minimum absolute atomic E-state index is 0.683. The summed E-state index contributed by atoms with van der Waals surface area (Å²) in [5.74, 6) is 0.761. The first-order valence-electron chi connectivity index (χ1n) is 6.65. The normalized spacial score (nSPS) is 10.8. The fourth-order valence-corrected chi connectivity index (χ4v) is 2.25. The number of aryl methyl sites for hydroxylation is 1. The van der Waals surface area contributed by atoms with Gasteiger partial charge >= 0.3 is 0 Å². The Morgan fingerprint density at radius 1 is 1.10 bits per heavy atom. The number of anilines is 1. The van der Waals surface area contributed by atoms with Crippen LogP contribution in [0.3, 0.4) is 0 Å². The molecule has 0 atom stereocenters. The van der Waals surface area contributed by atoms with Crippen LogP contribution in [0, 0.1) is 0 Å². The van der Waals surface area contributed by atoms with E-state index in [2.05, 4.69) is 22.4 Å². The quantitative estimate of drug-likeness (QED) is 0.701. The Morgan fingerprint density at radius 3 is 2.80 bits per heavy atom. The van der Waals surface area contributed by atoms with E-state index in [9.17, 15) is 0 Å². The van der Waals surface area contributed by atoms with Gasteiger partial charge in [0.25, 0.3) is 0 Å². The number of nitrogens with zero attached hydrogens (tertiary/aromatic N) is 1. The second-order valence-electron chi connectivity index (χ2n) is 4.62. The molecule has 1 aromatic heterocycles. The minimum atomic E-state index is 0.683. The molecule has 20 heavy (non-hydrogen) atoms. The summed E-state index contributed by atoms with van der Waals surface area (Å²) in [6.45, 7) is 0.892. The first-order valence-corrected chi connectivity index (χ1v) is 7.03. The van der Waals surface area contributed by atoms with Gasteiger partial charge in [0.15, 0.2) is 11.5 Å². The predicted molar refractivity (Wildman–Crippen MR) is 82.3 cm³/mol. The molecule has 3 rings (SSSR count). The Bertz CT molecular complexity index is 694. The number of oxazole rings is 1. The molecule has 3 aromatic rings. The van der Waals surface area contributed by atoms with Gasteiger partial charge in [0.2, 0.25) is 0 Å². The third kappa shape index (κ3) is 3.11. The molecule has 0 unspecified atom stereocenters. The number of halogens is 1. The van der Waals surface area contributed by atoms with Crippen molar-refractivity contribution >= 4 is 28.4 Å². The van der Waals surface area contributed by atoms with E-state index >= 15 is 0 Å². The van der Waals surface area contributed by atoms with E-state index < -0.39 is 0 Å². The van der Waals surface area contributed by atoms with Gasteiger partial charge in [0.05, 0.1) is 0 Å². The number of aromatic nitrogens is 1. The number of hydrogen-bond acceptors (Lipinski definition) is 3. The number of benzene rings is 2. The highest BCUT2D eigenvalue weighted by atomic mass is 35.5. The van der Waals surface area contributed by atoms with Gasteiger partial charge in [-0.25, -0.2) is 4.98 Å². The number of hydrogen-bond donors (Lipinski definition) is 1. The molecule has 0 aliphatic carbocycles. The second kappa shape index (κ2) is 5.97. The van der Waals surface area contributed by atoms with Gasteiger partial charge in [-0.15, -0.1) is 0 Å². The molecular formula is C16H15ClN2O. The van der Waals surface area contributed by atoms with Crippen LogP contribution >= 0.6 is 11.6 Å². The topological polar surface area (TPSA) is 38.1 Å². The molecule has 1 heterocycles. The summed E-state index contributed by atoms with van der Waals surface area (Å²) in [4.78, 5) is 4.44. The Hall–Kier alpha value is -2.00. The highest BCUT2D eigenvalue weighted by Crippen LogP contribution is 2.20. The maximum absolute atomic E-state index is 5.93. The van der Waals surface area contributed by atoms with Crippen molar-refractivity contribution in [2.45, 2.75) is 12.8 Å². The van der Waals surface area contributed by atoms with Crippen LogP contribution in [0.2, 0.25) is 5.02 Å². The molecule has 0 saturated heterocycles. The summed E-state index contributed by atoms with van der Waals surface area (Å²) in [7, 11) is 0. The molecule has 0 amide bonds. The van der Waals surface area contributed by atoms with Crippen molar-refractivity contribution in [2.75, 3.05) is 11.9 Å². The molecule has 0 aliphatic heterocycles. The van der Waals surface area contributed by atoms with Gasteiger partial charge in [-0.2, -0.15) is 0 Å². The van der Waals surface area contributed by atoms with Gasteiger partial charge < -0.3 is 9.73 Å². The number of rotatable bonds is 5. The van der Waals surface area contributed by atoms with Crippen molar-refractivity contribution in [3.8, 4) is 0 Å². The molecule has 0 radical (unpaired) electrons. The fraction of sp³-hybridized carbons (Fsp3) is 0.188. The smallest absolute Gasteiger partial charge is 0.195 e. The van der Waals surface area contributed by atoms with Crippen LogP contribution in [0.1, 0.15) is 12.3 Å². The Labute approximate surface area is 122 Å². The van der Waals surface area contributed by atoms with Gasteiger partial charge in [-0.3, -0.25) is 0 Å². The fourth-order valence-electron chi connectivity index (χ4n) is 2.08. The maximum atomic E-state index is 5.93. The van der Waals surface area contributed by atoms with Crippen LogP contribution in [0.4, 0.5) is 5.69 Å². The zero-order valence-electron chi connectivity index (χ0n) is 11.0. The van der Waals surface area contributed by atoms with Crippen LogP contribution in [0.15, 0.2) is 52.9 Å². The van der Waals surface area contributed by atoms with E-state index in [-0.39, 0.29) is 0 Å². The van der Waals surface area contributed by atoms with Crippen molar-refractivity contribution in [3.05, 3.63) is 59.4 Å². The molecule has 1 N–H and O–H groups in total. The highest BCUT2D eigenvalue weighted by Gasteiger charge is 2.05. The zero-order valence-corrected chi connectivity index (χ0v) is 11.7. The third-order valence-electron chi connectivity index (χ3n) is 3.06. The molecule has 0 aliphatic rings. The number of fused-ring (bicyclic) bond motifs is 1. The van der Waals surface area contributed by atoms with Crippen molar-refractivity contribution < 1.29 is 4.42 Å². The van der Waals surface area contributed by atoms with E-state index in [1.54, 1.807) is 0 Å². The van der Waals surface area contributed by atoms with Crippen molar-refractivity contribution in [1.82, 2.24) is 4.98 Å². The van der Waals surface area contributed by atoms with Gasteiger partial charge in [-0.05, 0) is 36.8 Å². The summed E-state index contributed by atoms with van der Waals surface area (Å²) in [5, 5.41) is 4.05. The van der Waals surface area contributed by atoms with Crippen molar-refractivity contribution in [3.63, 3.8) is 0 Å². The molecule has 4 heteroatoms. The Morgan fingerprint density at radius 2 is 1.95 bits per heavy atom. The lowest BCUT2D eigenvalue weighted by Gasteiger charge is -2.04. The lowest BCUT2D eigenvalue weighted by molar-refractivity contribution is 0.523. The molecule has 2 aromatic carbocycles. The highest BCUT2D eigenvalue weighted by molar-refractivity contribution is 6.31. The van der Waals surface area contributed by atoms with E-state index in [0.29, 0.717) is 5.02 Å². The zero-order chi connectivity index (χ0) is 13.8. The van der Waals surface area contributed by atoms with Gasteiger partial charge in [0.1, 0.15) is 5.52 Å². The van der Waals surface area contributed by atoms with E-state index in [1.165, 1.54) is 0 Å². The molecule has 102 valence electrons. The monoisotopic (exact) mass is 286 g/mol. The van der Waals surface area contributed by atoms with Crippen molar-refractivity contribution in [1.29, 1.82) is 0 Å². The molecule has 0 bridgehead atoms. The standard InChI is InChI=1S/C16H15ClN2O/c17-12-8-9-15-14(11-12)19-16(20-15)7-4-10-18-13-5-2-1-3-6-13/h1-3,5-6,8-9,11,18H,4,7,10H2. The second-order valence-corrected chi connectivity index (χ2v) is 5.05. The van der Waals surface area contributed by atoms with Gasteiger partial charge in [0, 0.05) is 23.7 Å². The van der Waals surface area contributed by atoms with Gasteiger partial charge in [-0.1, -0.05) is 29.8 Å². The largest absolute Gasteiger partial charge is 0.441 e. The summed E-state index contributed by atoms with van der Waals surface area (Å²) >= 11 is 5.93. The summed E-state index contributed by atoms with van der Waals surface area (Å²) in [6, 6.07) is 15.7. The molecule has 0 saturated carbocycles. The third-order valence-corrected chi connectivity index (χ3v) is 3.30. The predicted octanol–water partition coefficient (Wildman–Crippen LogP) is 4.53. The Kier molecular flexibility index (Phi) is 3.88. The van der Waals surface area contributed by atoms with E-state index in [4.69, 9.17) is 16.0 Å². The maximum Gasteiger partial charge on any atom is 0.195 e.